The Morgan fingerprint density at radius 1 is 1.12 bits per heavy atom. The van der Waals surface area contributed by atoms with Crippen molar-refractivity contribution in [2.75, 3.05) is 0 Å². The summed E-state index contributed by atoms with van der Waals surface area (Å²) in [5.41, 5.74) is 3.80. The van der Waals surface area contributed by atoms with E-state index in [4.69, 9.17) is 21.2 Å². The van der Waals surface area contributed by atoms with Crippen LogP contribution < -0.4 is 0 Å². The molecule has 0 bridgehead atoms. The van der Waals surface area contributed by atoms with Gasteiger partial charge in [-0.15, -0.1) is 0 Å². The van der Waals surface area contributed by atoms with Crippen LogP contribution in [0.3, 0.4) is 0 Å². The van der Waals surface area contributed by atoms with Gasteiger partial charge in [0.2, 0.25) is 5.82 Å². The second-order valence-corrected chi connectivity index (χ2v) is 8.47. The molecule has 5 aromatic rings. The molecule has 5 rings (SSSR count). The van der Waals surface area contributed by atoms with Gasteiger partial charge in [-0.25, -0.2) is 4.79 Å². The lowest BCUT2D eigenvalue weighted by molar-refractivity contribution is 0.0696. The van der Waals surface area contributed by atoms with Gasteiger partial charge in [0.05, 0.1) is 23.3 Å². The van der Waals surface area contributed by atoms with E-state index < -0.39 is 5.97 Å². The first kappa shape index (κ1) is 21.0. The van der Waals surface area contributed by atoms with Crippen LogP contribution >= 0.6 is 11.6 Å². The zero-order chi connectivity index (χ0) is 23.1. The molecule has 0 radical (unpaired) electrons. The van der Waals surface area contributed by atoms with E-state index in [1.54, 1.807) is 4.68 Å². The lowest BCUT2D eigenvalue weighted by Crippen LogP contribution is -2.00. The quantitative estimate of drug-likeness (QED) is 0.356. The van der Waals surface area contributed by atoms with Crippen LogP contribution in [0.15, 0.2) is 65.6 Å². The second kappa shape index (κ2) is 8.22. The standard InChI is InChI=1S/C24H20ClN5O3/c1-14(2)30-13-20(25)19-9-17(7-8-21(19)30)23-27-22(28-33-23)16-5-3-15(4-6-16)11-29-12-18(10-26-29)24(31)32/h3-10,12-14H,11H2,1-2H3,(H,31,32). The first-order chi connectivity index (χ1) is 15.9. The third-order valence-electron chi connectivity index (χ3n) is 5.45. The van der Waals surface area contributed by atoms with E-state index in [1.807, 2.05) is 48.7 Å². The lowest BCUT2D eigenvalue weighted by Gasteiger charge is -2.08. The normalized spacial score (nSPS) is 11.5. The highest BCUT2D eigenvalue weighted by Gasteiger charge is 2.15. The van der Waals surface area contributed by atoms with E-state index in [0.29, 0.717) is 29.3 Å². The van der Waals surface area contributed by atoms with Gasteiger partial charge in [-0.05, 0) is 37.6 Å². The van der Waals surface area contributed by atoms with Gasteiger partial charge in [0.15, 0.2) is 0 Å². The van der Waals surface area contributed by atoms with Gasteiger partial charge in [0.25, 0.3) is 5.89 Å². The summed E-state index contributed by atoms with van der Waals surface area (Å²) in [6.07, 6.45) is 4.77. The van der Waals surface area contributed by atoms with Gasteiger partial charge in [-0.2, -0.15) is 10.1 Å². The fourth-order valence-electron chi connectivity index (χ4n) is 3.74. The molecule has 2 aromatic carbocycles. The van der Waals surface area contributed by atoms with Gasteiger partial charge in [0, 0.05) is 40.5 Å². The fourth-order valence-corrected chi connectivity index (χ4v) is 4.00. The predicted molar refractivity (Wildman–Crippen MR) is 124 cm³/mol. The smallest absolute Gasteiger partial charge is 0.338 e. The summed E-state index contributed by atoms with van der Waals surface area (Å²) in [4.78, 5) is 15.6. The number of hydrogen-bond acceptors (Lipinski definition) is 5. The van der Waals surface area contributed by atoms with Crippen molar-refractivity contribution in [1.82, 2.24) is 24.5 Å². The number of carboxylic acid groups (broad SMARTS) is 1. The Labute approximate surface area is 194 Å². The number of aromatic carboxylic acids is 1. The molecule has 0 fully saturated rings. The van der Waals surface area contributed by atoms with Crippen LogP contribution in [0.1, 0.15) is 35.8 Å². The zero-order valence-electron chi connectivity index (χ0n) is 17.9. The summed E-state index contributed by atoms with van der Waals surface area (Å²) in [6.45, 7) is 4.69. The van der Waals surface area contributed by atoms with Crippen molar-refractivity contribution in [3.05, 3.63) is 77.2 Å². The summed E-state index contributed by atoms with van der Waals surface area (Å²) < 4.78 is 9.23. The molecule has 166 valence electrons. The Hall–Kier alpha value is -3.91. The van der Waals surface area contributed by atoms with Crippen LogP contribution in [0.25, 0.3) is 33.7 Å². The summed E-state index contributed by atoms with van der Waals surface area (Å²) in [5, 5.41) is 18.8. The average molecular weight is 462 g/mol. The number of carboxylic acids is 1. The number of hydrogen-bond donors (Lipinski definition) is 1. The van der Waals surface area contributed by atoms with Gasteiger partial charge in [0.1, 0.15) is 0 Å². The SMILES string of the molecule is CC(C)n1cc(Cl)c2cc(-c3nc(-c4ccc(Cn5cc(C(=O)O)cn5)cc4)no3)ccc21. The number of nitrogens with zero attached hydrogens (tertiary/aromatic N) is 5. The number of fused-ring (bicyclic) bond motifs is 1. The minimum absolute atomic E-state index is 0.159. The Morgan fingerprint density at radius 3 is 2.58 bits per heavy atom. The molecule has 0 saturated heterocycles. The zero-order valence-corrected chi connectivity index (χ0v) is 18.7. The molecular weight excluding hydrogens is 442 g/mol. The average Bonchev–Trinajstić information content (AvgIpc) is 3.53. The van der Waals surface area contributed by atoms with Crippen LogP contribution in [0, 0.1) is 0 Å². The molecule has 0 saturated carbocycles. The molecule has 3 heterocycles. The van der Waals surface area contributed by atoms with E-state index in [9.17, 15) is 4.79 Å². The maximum Gasteiger partial charge on any atom is 0.338 e. The first-order valence-electron chi connectivity index (χ1n) is 10.4. The number of benzene rings is 2. The van der Waals surface area contributed by atoms with Gasteiger partial charge >= 0.3 is 5.97 Å². The van der Waals surface area contributed by atoms with Crippen LogP contribution in [-0.2, 0) is 6.54 Å². The van der Waals surface area contributed by atoms with Crippen molar-refractivity contribution in [1.29, 1.82) is 0 Å². The molecule has 33 heavy (non-hydrogen) atoms. The van der Waals surface area contributed by atoms with E-state index in [0.717, 1.165) is 27.6 Å². The van der Waals surface area contributed by atoms with Gasteiger partial charge < -0.3 is 14.2 Å². The molecule has 8 nitrogen and oxygen atoms in total. The highest BCUT2D eigenvalue weighted by atomic mass is 35.5. The summed E-state index contributed by atoms with van der Waals surface area (Å²) >= 11 is 6.45. The van der Waals surface area contributed by atoms with Crippen molar-refractivity contribution in [2.45, 2.75) is 26.4 Å². The number of aromatic nitrogens is 5. The Bertz CT molecular complexity index is 1460. The van der Waals surface area contributed by atoms with Crippen molar-refractivity contribution in [3.8, 4) is 22.8 Å². The number of halogens is 1. The molecule has 0 unspecified atom stereocenters. The topological polar surface area (TPSA) is 99.0 Å². The molecule has 0 atom stereocenters. The summed E-state index contributed by atoms with van der Waals surface area (Å²) in [5.74, 6) is -0.0970. The second-order valence-electron chi connectivity index (χ2n) is 8.06. The lowest BCUT2D eigenvalue weighted by atomic mass is 10.1. The Kier molecular flexibility index (Phi) is 5.22. The fraction of sp³-hybridized carbons (Fsp3) is 0.167. The molecule has 9 heteroatoms. The summed E-state index contributed by atoms with van der Waals surface area (Å²) in [6, 6.07) is 13.9. The van der Waals surface area contributed by atoms with Gasteiger partial charge in [-0.1, -0.05) is 41.0 Å². The van der Waals surface area contributed by atoms with Gasteiger partial charge in [-0.3, -0.25) is 4.68 Å². The molecule has 3 aromatic heterocycles. The maximum absolute atomic E-state index is 11.0. The summed E-state index contributed by atoms with van der Waals surface area (Å²) in [7, 11) is 0. The third-order valence-corrected chi connectivity index (χ3v) is 5.75. The van der Waals surface area contributed by atoms with Crippen molar-refractivity contribution in [2.24, 2.45) is 0 Å². The molecule has 0 aliphatic heterocycles. The monoisotopic (exact) mass is 461 g/mol. The van der Waals surface area contributed by atoms with Crippen molar-refractivity contribution in [3.63, 3.8) is 0 Å². The highest BCUT2D eigenvalue weighted by molar-refractivity contribution is 6.35. The first-order valence-corrected chi connectivity index (χ1v) is 10.8. The van der Waals surface area contributed by atoms with E-state index >= 15 is 0 Å². The Balaban J connectivity index is 1.37. The van der Waals surface area contributed by atoms with Crippen LogP contribution in [0.4, 0.5) is 0 Å². The molecule has 0 aliphatic rings. The van der Waals surface area contributed by atoms with Crippen LogP contribution in [0.2, 0.25) is 5.02 Å². The number of carbonyl (C=O) groups is 1. The van der Waals surface area contributed by atoms with Crippen LogP contribution in [0.5, 0.6) is 0 Å². The van der Waals surface area contributed by atoms with Crippen molar-refractivity contribution < 1.29 is 14.4 Å². The molecule has 0 aliphatic carbocycles. The third kappa shape index (κ3) is 4.01. The minimum Gasteiger partial charge on any atom is -0.478 e. The Morgan fingerprint density at radius 2 is 1.88 bits per heavy atom. The largest absolute Gasteiger partial charge is 0.478 e. The highest BCUT2D eigenvalue weighted by Crippen LogP contribution is 2.32. The minimum atomic E-state index is -0.997. The van der Waals surface area contributed by atoms with Crippen LogP contribution in [-0.4, -0.2) is 35.6 Å². The molecule has 0 amide bonds. The van der Waals surface area contributed by atoms with E-state index in [1.165, 1.54) is 12.4 Å². The van der Waals surface area contributed by atoms with E-state index in [-0.39, 0.29) is 5.56 Å². The van der Waals surface area contributed by atoms with E-state index in [2.05, 4.69) is 33.7 Å². The maximum atomic E-state index is 11.0. The number of rotatable bonds is 6. The van der Waals surface area contributed by atoms with Crippen molar-refractivity contribution >= 4 is 28.5 Å². The molecule has 0 spiro atoms. The molecular formula is C24H20ClN5O3. The predicted octanol–water partition coefficient (Wildman–Crippen LogP) is 5.54. The molecule has 1 N–H and O–H groups in total.